The summed E-state index contributed by atoms with van der Waals surface area (Å²) >= 11 is 5.15. The molecule has 0 spiro atoms. The van der Waals surface area contributed by atoms with Crippen molar-refractivity contribution in [2.24, 2.45) is 13.0 Å². The normalized spacial score (nSPS) is 11.5. The number of hydrogen-bond acceptors (Lipinski definition) is 3. The van der Waals surface area contributed by atoms with Crippen molar-refractivity contribution in [1.29, 1.82) is 0 Å². The topological polar surface area (TPSA) is 55.6 Å². The van der Waals surface area contributed by atoms with Crippen LogP contribution in [0.25, 0.3) is 11.2 Å². The number of hydrogen-bond donors (Lipinski definition) is 1. The Bertz CT molecular complexity index is 634. The fourth-order valence-electron chi connectivity index (χ4n) is 1.69. The Hall–Kier alpha value is -1.43. The molecule has 0 fully saturated rings. The van der Waals surface area contributed by atoms with Crippen molar-refractivity contribution in [3.63, 3.8) is 0 Å². The molecule has 86 valence electrons. The molecule has 5 nitrogen and oxygen atoms in total. The van der Waals surface area contributed by atoms with Crippen LogP contribution in [0.1, 0.15) is 13.8 Å². The van der Waals surface area contributed by atoms with Gasteiger partial charge in [-0.25, -0.2) is 4.98 Å². The van der Waals surface area contributed by atoms with Crippen molar-refractivity contribution in [3.05, 3.63) is 21.5 Å². The van der Waals surface area contributed by atoms with Crippen LogP contribution in [-0.2, 0) is 13.6 Å². The summed E-state index contributed by atoms with van der Waals surface area (Å²) in [6.45, 7) is 4.72. The number of fused-ring (bicyclic) bond motifs is 1. The van der Waals surface area contributed by atoms with Gasteiger partial charge in [0.05, 0.1) is 6.33 Å². The lowest BCUT2D eigenvalue weighted by Crippen LogP contribution is -2.25. The second-order valence-corrected chi connectivity index (χ2v) is 4.68. The van der Waals surface area contributed by atoms with Gasteiger partial charge in [0, 0.05) is 13.6 Å². The summed E-state index contributed by atoms with van der Waals surface area (Å²) in [6, 6.07) is 0. The van der Waals surface area contributed by atoms with Gasteiger partial charge in [-0.3, -0.25) is 9.36 Å². The van der Waals surface area contributed by atoms with E-state index in [1.165, 1.54) is 0 Å². The first-order chi connectivity index (χ1) is 7.50. The Kier molecular flexibility index (Phi) is 2.67. The van der Waals surface area contributed by atoms with Crippen molar-refractivity contribution in [1.82, 2.24) is 19.1 Å². The predicted molar refractivity (Wildman–Crippen MR) is 65.0 cm³/mol. The van der Waals surface area contributed by atoms with E-state index in [1.807, 2.05) is 0 Å². The fourth-order valence-corrected chi connectivity index (χ4v) is 1.95. The van der Waals surface area contributed by atoms with E-state index in [0.29, 0.717) is 28.4 Å². The maximum Gasteiger partial charge on any atom is 0.280 e. The Balaban J connectivity index is 2.79. The van der Waals surface area contributed by atoms with E-state index in [4.69, 9.17) is 12.2 Å². The summed E-state index contributed by atoms with van der Waals surface area (Å²) in [5.41, 5.74) is 1.04. The van der Waals surface area contributed by atoms with E-state index in [0.717, 1.165) is 0 Å². The molecule has 1 N–H and O–H groups in total. The third-order valence-corrected chi connectivity index (χ3v) is 2.73. The minimum Gasteiger partial charge on any atom is -0.328 e. The molecule has 2 aromatic heterocycles. The third-order valence-electron chi connectivity index (χ3n) is 2.40. The first-order valence-electron chi connectivity index (χ1n) is 5.15. The van der Waals surface area contributed by atoms with Crippen molar-refractivity contribution < 1.29 is 0 Å². The van der Waals surface area contributed by atoms with Gasteiger partial charge < -0.3 is 9.55 Å². The molecule has 0 bridgehead atoms. The molecule has 2 rings (SSSR count). The molecule has 0 amide bonds. The Morgan fingerprint density at radius 1 is 1.56 bits per heavy atom. The third kappa shape index (κ3) is 1.69. The van der Waals surface area contributed by atoms with Crippen molar-refractivity contribution in [3.8, 4) is 0 Å². The quantitative estimate of drug-likeness (QED) is 0.806. The molecule has 2 aromatic rings. The molecule has 0 saturated carbocycles. The van der Waals surface area contributed by atoms with E-state index in [2.05, 4.69) is 23.8 Å². The van der Waals surface area contributed by atoms with Crippen LogP contribution in [0.15, 0.2) is 11.1 Å². The highest BCUT2D eigenvalue weighted by atomic mass is 32.1. The largest absolute Gasteiger partial charge is 0.328 e. The minimum absolute atomic E-state index is 0.0764. The minimum atomic E-state index is -0.0764. The first-order valence-corrected chi connectivity index (χ1v) is 5.55. The van der Waals surface area contributed by atoms with Gasteiger partial charge in [-0.05, 0) is 18.1 Å². The second-order valence-electron chi connectivity index (χ2n) is 4.29. The number of aromatic nitrogens is 4. The van der Waals surface area contributed by atoms with E-state index in [1.54, 1.807) is 22.5 Å². The van der Waals surface area contributed by atoms with Crippen LogP contribution in [0.2, 0.25) is 0 Å². The molecular formula is C10H14N4OS. The van der Waals surface area contributed by atoms with E-state index < -0.39 is 0 Å². The van der Waals surface area contributed by atoms with Crippen LogP contribution in [-0.4, -0.2) is 19.1 Å². The second kappa shape index (κ2) is 3.86. The molecule has 0 aromatic carbocycles. The van der Waals surface area contributed by atoms with Gasteiger partial charge >= 0.3 is 0 Å². The molecule has 0 aliphatic rings. The lowest BCUT2D eigenvalue weighted by Gasteiger charge is -2.08. The predicted octanol–water partition coefficient (Wildman–Crippen LogP) is 1.45. The van der Waals surface area contributed by atoms with Gasteiger partial charge in [0.2, 0.25) is 0 Å². The van der Waals surface area contributed by atoms with Crippen LogP contribution in [0.5, 0.6) is 0 Å². The number of nitrogens with one attached hydrogen (secondary N) is 1. The number of aryl methyl sites for hydroxylation is 1. The van der Waals surface area contributed by atoms with Crippen LogP contribution >= 0.6 is 12.2 Å². The van der Waals surface area contributed by atoms with Crippen LogP contribution in [0.3, 0.4) is 0 Å². The van der Waals surface area contributed by atoms with Gasteiger partial charge in [-0.1, -0.05) is 13.8 Å². The lowest BCUT2D eigenvalue weighted by atomic mass is 10.2. The highest BCUT2D eigenvalue weighted by Crippen LogP contribution is 2.05. The van der Waals surface area contributed by atoms with E-state index >= 15 is 0 Å². The highest BCUT2D eigenvalue weighted by molar-refractivity contribution is 7.71. The standard InChI is InChI=1S/C10H14N4OS/c1-6(2)4-14-9(15)7-8(12-10(14)16)11-5-13(7)3/h5-6H,4H2,1-3H3,(H,12,16). The van der Waals surface area contributed by atoms with Crippen LogP contribution in [0, 0.1) is 10.7 Å². The van der Waals surface area contributed by atoms with Crippen LogP contribution in [0.4, 0.5) is 0 Å². The highest BCUT2D eigenvalue weighted by Gasteiger charge is 2.10. The number of imidazole rings is 1. The zero-order valence-electron chi connectivity index (χ0n) is 9.52. The zero-order chi connectivity index (χ0) is 11.9. The molecule has 0 atom stereocenters. The summed E-state index contributed by atoms with van der Waals surface area (Å²) in [5, 5.41) is 0. The SMILES string of the molecule is CC(C)Cn1c(=S)[nH]c2ncn(C)c2c1=O. The Morgan fingerprint density at radius 3 is 2.88 bits per heavy atom. The maximum atomic E-state index is 12.2. The first kappa shape index (κ1) is 11.1. The average molecular weight is 238 g/mol. The van der Waals surface area contributed by atoms with E-state index in [-0.39, 0.29) is 5.56 Å². The maximum absolute atomic E-state index is 12.2. The molecule has 0 aliphatic carbocycles. The summed E-state index contributed by atoms with van der Waals surface area (Å²) < 4.78 is 3.73. The Morgan fingerprint density at radius 2 is 2.25 bits per heavy atom. The molecular weight excluding hydrogens is 224 g/mol. The summed E-state index contributed by atoms with van der Waals surface area (Å²) in [7, 11) is 1.80. The smallest absolute Gasteiger partial charge is 0.280 e. The summed E-state index contributed by atoms with van der Waals surface area (Å²) in [6.07, 6.45) is 1.61. The summed E-state index contributed by atoms with van der Waals surface area (Å²) in [4.78, 5) is 19.2. The van der Waals surface area contributed by atoms with E-state index in [9.17, 15) is 4.79 Å². The molecule has 0 radical (unpaired) electrons. The fraction of sp³-hybridized carbons (Fsp3) is 0.500. The molecule has 16 heavy (non-hydrogen) atoms. The molecule has 6 heteroatoms. The van der Waals surface area contributed by atoms with Crippen LogP contribution < -0.4 is 5.56 Å². The molecule has 2 heterocycles. The zero-order valence-corrected chi connectivity index (χ0v) is 10.3. The number of nitrogens with zero attached hydrogens (tertiary/aromatic N) is 3. The average Bonchev–Trinajstić information content (AvgIpc) is 2.54. The van der Waals surface area contributed by atoms with Gasteiger partial charge in [0.15, 0.2) is 15.9 Å². The van der Waals surface area contributed by atoms with Crippen molar-refractivity contribution in [2.45, 2.75) is 20.4 Å². The van der Waals surface area contributed by atoms with Crippen molar-refractivity contribution in [2.75, 3.05) is 0 Å². The molecule has 0 unspecified atom stereocenters. The monoisotopic (exact) mass is 238 g/mol. The molecule has 0 saturated heterocycles. The van der Waals surface area contributed by atoms with Gasteiger partial charge in [-0.2, -0.15) is 0 Å². The van der Waals surface area contributed by atoms with Gasteiger partial charge in [-0.15, -0.1) is 0 Å². The van der Waals surface area contributed by atoms with Crippen molar-refractivity contribution >= 4 is 23.4 Å². The number of aromatic amines is 1. The van der Waals surface area contributed by atoms with Gasteiger partial charge in [0.1, 0.15) is 0 Å². The summed E-state index contributed by atoms with van der Waals surface area (Å²) in [5.74, 6) is 0.374. The number of H-pyrrole nitrogens is 1. The Labute approximate surface area is 97.7 Å². The number of rotatable bonds is 2. The lowest BCUT2D eigenvalue weighted by molar-refractivity contribution is 0.502. The van der Waals surface area contributed by atoms with Gasteiger partial charge in [0.25, 0.3) is 5.56 Å². The molecule has 0 aliphatic heterocycles.